The van der Waals surface area contributed by atoms with Crippen molar-refractivity contribution in [3.63, 3.8) is 0 Å². The maximum atomic E-state index is 12.8. The predicted molar refractivity (Wildman–Crippen MR) is 109 cm³/mol. The lowest BCUT2D eigenvalue weighted by molar-refractivity contribution is -0.126. The van der Waals surface area contributed by atoms with Crippen LogP contribution in [-0.2, 0) is 19.6 Å². The van der Waals surface area contributed by atoms with E-state index in [0.29, 0.717) is 31.7 Å². The minimum Gasteiger partial charge on any atom is -0.364 e. The fourth-order valence-corrected chi connectivity index (χ4v) is 4.67. The van der Waals surface area contributed by atoms with Crippen LogP contribution in [0.15, 0.2) is 17.0 Å². The monoisotopic (exact) mass is 419 g/mol. The number of aryl methyl sites for hydroxylation is 1. The molecule has 1 aromatic rings. The number of benzene rings is 1. The third-order valence-electron chi connectivity index (χ3n) is 4.90. The Labute approximate surface area is 168 Å². The van der Waals surface area contributed by atoms with Crippen LogP contribution < -0.4 is 11.1 Å². The topological polar surface area (TPSA) is 102 Å². The first-order chi connectivity index (χ1) is 12.2. The molecular formula is C18H30ClN3O4S. The molecule has 3 N–H and O–H groups in total. The van der Waals surface area contributed by atoms with Gasteiger partial charge in [-0.15, -0.1) is 12.4 Å². The summed E-state index contributed by atoms with van der Waals surface area (Å²) in [4.78, 5) is 12.7. The Morgan fingerprint density at radius 1 is 1.26 bits per heavy atom. The van der Waals surface area contributed by atoms with Gasteiger partial charge in [-0.1, -0.05) is 13.8 Å². The summed E-state index contributed by atoms with van der Waals surface area (Å²) >= 11 is 0. The second kappa shape index (κ2) is 9.84. The van der Waals surface area contributed by atoms with Gasteiger partial charge in [-0.2, -0.15) is 4.31 Å². The number of halogens is 1. The number of sulfonamides is 1. The maximum Gasteiger partial charge on any atom is 0.253 e. The minimum absolute atomic E-state index is 0. The summed E-state index contributed by atoms with van der Waals surface area (Å²) in [5, 5.41) is 2.84. The van der Waals surface area contributed by atoms with E-state index >= 15 is 0 Å². The van der Waals surface area contributed by atoms with Crippen LogP contribution in [-0.4, -0.2) is 50.5 Å². The zero-order chi connectivity index (χ0) is 19.5. The summed E-state index contributed by atoms with van der Waals surface area (Å²) in [5.41, 5.74) is 7.73. The van der Waals surface area contributed by atoms with E-state index in [4.69, 9.17) is 10.5 Å². The molecule has 0 aromatic heterocycles. The molecule has 0 aliphatic carbocycles. The van der Waals surface area contributed by atoms with Gasteiger partial charge in [0.05, 0.1) is 11.0 Å². The van der Waals surface area contributed by atoms with E-state index in [-0.39, 0.29) is 29.3 Å². The SMILES string of the molecule is CCN(CC)S(=O)(=O)c1cc(C)c(C)c(NC(=O)[C@@H]2CC[C@H](CN)O2)c1.Cl. The Morgan fingerprint density at radius 3 is 2.41 bits per heavy atom. The number of amides is 1. The summed E-state index contributed by atoms with van der Waals surface area (Å²) < 4.78 is 32.6. The highest BCUT2D eigenvalue weighted by Crippen LogP contribution is 2.27. The molecule has 2 rings (SSSR count). The molecule has 1 aliphatic heterocycles. The molecule has 27 heavy (non-hydrogen) atoms. The van der Waals surface area contributed by atoms with Gasteiger partial charge in [0.25, 0.3) is 5.91 Å². The summed E-state index contributed by atoms with van der Waals surface area (Å²) in [6.45, 7) is 8.47. The quantitative estimate of drug-likeness (QED) is 0.705. The molecule has 7 nitrogen and oxygen atoms in total. The van der Waals surface area contributed by atoms with Crippen molar-refractivity contribution < 1.29 is 17.9 Å². The molecule has 154 valence electrons. The molecule has 0 bridgehead atoms. The lowest BCUT2D eigenvalue weighted by Gasteiger charge is -2.21. The van der Waals surface area contributed by atoms with Gasteiger partial charge in [0, 0.05) is 25.3 Å². The normalized spacial score (nSPS) is 19.8. The number of anilines is 1. The third-order valence-corrected chi connectivity index (χ3v) is 6.93. The van der Waals surface area contributed by atoms with Gasteiger partial charge in [0.1, 0.15) is 6.10 Å². The third kappa shape index (κ3) is 5.20. The van der Waals surface area contributed by atoms with Crippen molar-refractivity contribution in [3.8, 4) is 0 Å². The van der Waals surface area contributed by atoms with E-state index in [0.717, 1.165) is 17.5 Å². The molecule has 1 aliphatic rings. The van der Waals surface area contributed by atoms with Gasteiger partial charge in [-0.25, -0.2) is 8.42 Å². The second-order valence-electron chi connectivity index (χ2n) is 6.55. The van der Waals surface area contributed by atoms with Gasteiger partial charge in [-0.05, 0) is 49.9 Å². The first-order valence-corrected chi connectivity index (χ1v) is 10.5. The van der Waals surface area contributed by atoms with Crippen molar-refractivity contribution in [2.45, 2.75) is 57.6 Å². The number of carbonyl (C=O) groups excluding carboxylic acids is 1. The fraction of sp³-hybridized carbons (Fsp3) is 0.611. The molecule has 1 saturated heterocycles. The number of nitrogens with zero attached hydrogens (tertiary/aromatic N) is 1. The highest BCUT2D eigenvalue weighted by Gasteiger charge is 2.30. The zero-order valence-electron chi connectivity index (χ0n) is 16.3. The van der Waals surface area contributed by atoms with E-state index in [1.165, 1.54) is 10.4 Å². The largest absolute Gasteiger partial charge is 0.364 e. The van der Waals surface area contributed by atoms with Crippen molar-refractivity contribution in [2.75, 3.05) is 25.0 Å². The number of hydrogen-bond donors (Lipinski definition) is 2. The second-order valence-corrected chi connectivity index (χ2v) is 8.49. The van der Waals surface area contributed by atoms with E-state index in [2.05, 4.69) is 5.32 Å². The molecule has 0 spiro atoms. The van der Waals surface area contributed by atoms with Crippen molar-refractivity contribution in [1.82, 2.24) is 4.31 Å². The molecule has 2 atom stereocenters. The maximum absolute atomic E-state index is 12.8. The lowest BCUT2D eigenvalue weighted by atomic mass is 10.1. The number of hydrogen-bond acceptors (Lipinski definition) is 5. The van der Waals surface area contributed by atoms with Gasteiger partial charge >= 0.3 is 0 Å². The molecule has 1 heterocycles. The van der Waals surface area contributed by atoms with Crippen LogP contribution in [0.4, 0.5) is 5.69 Å². The van der Waals surface area contributed by atoms with Gasteiger partial charge in [-0.3, -0.25) is 4.79 Å². The average Bonchev–Trinajstić information content (AvgIpc) is 3.08. The molecule has 1 amide bonds. The number of nitrogens with one attached hydrogen (secondary N) is 1. The molecule has 9 heteroatoms. The van der Waals surface area contributed by atoms with Crippen molar-refractivity contribution in [3.05, 3.63) is 23.3 Å². The van der Waals surface area contributed by atoms with Crippen LogP contribution >= 0.6 is 12.4 Å². The van der Waals surface area contributed by atoms with Crippen LogP contribution in [0, 0.1) is 13.8 Å². The summed E-state index contributed by atoms with van der Waals surface area (Å²) in [6.07, 6.45) is 0.723. The first-order valence-electron chi connectivity index (χ1n) is 9.02. The van der Waals surface area contributed by atoms with E-state index in [1.54, 1.807) is 19.9 Å². The fourth-order valence-electron chi connectivity index (χ4n) is 3.10. The molecule has 1 fully saturated rings. The van der Waals surface area contributed by atoms with Gasteiger partial charge in [0.15, 0.2) is 0 Å². The van der Waals surface area contributed by atoms with Gasteiger partial charge < -0.3 is 15.8 Å². The number of rotatable bonds is 7. The number of nitrogens with two attached hydrogens (primary N) is 1. The Morgan fingerprint density at radius 2 is 1.89 bits per heavy atom. The molecule has 0 unspecified atom stereocenters. The molecule has 1 aromatic carbocycles. The summed E-state index contributed by atoms with van der Waals surface area (Å²) in [6, 6.07) is 3.18. The van der Waals surface area contributed by atoms with E-state index < -0.39 is 16.1 Å². The Hall–Kier alpha value is -1.19. The summed E-state index contributed by atoms with van der Waals surface area (Å²) in [7, 11) is -3.60. The predicted octanol–water partition coefficient (Wildman–Crippen LogP) is 2.20. The van der Waals surface area contributed by atoms with Crippen LogP contribution in [0.25, 0.3) is 0 Å². The molecule has 0 radical (unpaired) electrons. The van der Waals surface area contributed by atoms with E-state index in [1.807, 2.05) is 13.8 Å². The van der Waals surface area contributed by atoms with Crippen molar-refractivity contribution >= 4 is 34.0 Å². The van der Waals surface area contributed by atoms with Crippen LogP contribution in [0.2, 0.25) is 0 Å². The Bertz CT molecular complexity index is 766. The van der Waals surface area contributed by atoms with Crippen molar-refractivity contribution in [1.29, 1.82) is 0 Å². The number of ether oxygens (including phenoxy) is 1. The lowest BCUT2D eigenvalue weighted by Crippen LogP contribution is -2.31. The average molecular weight is 420 g/mol. The number of carbonyl (C=O) groups is 1. The highest BCUT2D eigenvalue weighted by molar-refractivity contribution is 7.89. The van der Waals surface area contributed by atoms with Crippen LogP contribution in [0.1, 0.15) is 37.8 Å². The molecule has 0 saturated carbocycles. The zero-order valence-corrected chi connectivity index (χ0v) is 18.0. The Balaban J connectivity index is 0.00000364. The minimum atomic E-state index is -3.60. The van der Waals surface area contributed by atoms with Crippen LogP contribution in [0.3, 0.4) is 0 Å². The summed E-state index contributed by atoms with van der Waals surface area (Å²) in [5.74, 6) is -0.263. The van der Waals surface area contributed by atoms with E-state index in [9.17, 15) is 13.2 Å². The highest BCUT2D eigenvalue weighted by atomic mass is 35.5. The first kappa shape index (κ1) is 23.8. The van der Waals surface area contributed by atoms with Crippen molar-refractivity contribution in [2.24, 2.45) is 5.73 Å². The Kier molecular flexibility index (Phi) is 8.69. The van der Waals surface area contributed by atoms with Gasteiger partial charge in [0.2, 0.25) is 10.0 Å². The smallest absolute Gasteiger partial charge is 0.253 e. The standard InChI is InChI=1S/C18H29N3O4S.ClH/c1-5-21(6-2)26(23,24)15-9-12(3)13(4)16(10-15)20-18(22)17-8-7-14(11-19)25-17;/h9-10,14,17H,5-8,11,19H2,1-4H3,(H,20,22);1H/t14-,17+;/m1./s1. The molecular weight excluding hydrogens is 390 g/mol. The van der Waals surface area contributed by atoms with Crippen LogP contribution in [0.5, 0.6) is 0 Å².